The summed E-state index contributed by atoms with van der Waals surface area (Å²) in [6, 6.07) is 3.89. The molecule has 0 fully saturated rings. The van der Waals surface area contributed by atoms with Gasteiger partial charge in [-0.3, -0.25) is 0 Å². The zero-order valence-electron chi connectivity index (χ0n) is 9.87. The first-order chi connectivity index (χ1) is 8.04. The molecule has 1 aromatic carbocycles. The molecule has 1 atom stereocenters. The molecule has 0 saturated carbocycles. The molecule has 1 heterocycles. The summed E-state index contributed by atoms with van der Waals surface area (Å²) in [7, 11) is 0. The number of benzene rings is 1. The first-order valence-electron chi connectivity index (χ1n) is 5.67. The molecule has 2 aromatic rings. The number of anilines is 1. The number of imidazole rings is 1. The van der Waals surface area contributed by atoms with Gasteiger partial charge in [0.2, 0.25) is 5.95 Å². The van der Waals surface area contributed by atoms with Crippen molar-refractivity contribution in [3.63, 3.8) is 0 Å². The van der Waals surface area contributed by atoms with Crippen LogP contribution in [0.3, 0.4) is 0 Å². The SMILES string of the molecule is CCCC(C)n1c(N)nc2cc(Cl)c(Cl)cc21. The van der Waals surface area contributed by atoms with Crippen LogP contribution in [0.1, 0.15) is 32.7 Å². The quantitative estimate of drug-likeness (QED) is 0.905. The maximum absolute atomic E-state index is 6.04. The van der Waals surface area contributed by atoms with Gasteiger partial charge in [0.1, 0.15) is 0 Å². The summed E-state index contributed by atoms with van der Waals surface area (Å²) in [5.74, 6) is 0.513. The summed E-state index contributed by atoms with van der Waals surface area (Å²) in [5, 5.41) is 1.04. The third kappa shape index (κ3) is 2.22. The second-order valence-electron chi connectivity index (χ2n) is 4.23. The van der Waals surface area contributed by atoms with Crippen molar-refractivity contribution in [2.45, 2.75) is 32.7 Å². The van der Waals surface area contributed by atoms with Crippen LogP contribution >= 0.6 is 23.2 Å². The molecule has 2 N–H and O–H groups in total. The topological polar surface area (TPSA) is 43.8 Å². The van der Waals surface area contributed by atoms with E-state index < -0.39 is 0 Å². The Bertz CT molecular complexity index is 548. The van der Waals surface area contributed by atoms with Gasteiger partial charge in [-0.25, -0.2) is 4.98 Å². The van der Waals surface area contributed by atoms with Crippen molar-refractivity contribution in [1.29, 1.82) is 0 Å². The highest BCUT2D eigenvalue weighted by atomic mass is 35.5. The van der Waals surface area contributed by atoms with E-state index in [-0.39, 0.29) is 0 Å². The summed E-state index contributed by atoms with van der Waals surface area (Å²) >= 11 is 12.0. The highest BCUT2D eigenvalue weighted by Crippen LogP contribution is 2.31. The third-order valence-corrected chi connectivity index (χ3v) is 3.63. The third-order valence-electron chi connectivity index (χ3n) is 2.91. The Morgan fingerprint density at radius 3 is 2.65 bits per heavy atom. The molecule has 0 aliphatic rings. The highest BCUT2D eigenvalue weighted by molar-refractivity contribution is 6.42. The van der Waals surface area contributed by atoms with Crippen LogP contribution in [-0.2, 0) is 0 Å². The Hall–Kier alpha value is -0.930. The van der Waals surface area contributed by atoms with E-state index in [1.165, 1.54) is 0 Å². The lowest BCUT2D eigenvalue weighted by Gasteiger charge is -2.15. The minimum absolute atomic E-state index is 0.308. The molecule has 92 valence electrons. The van der Waals surface area contributed by atoms with Gasteiger partial charge in [-0.2, -0.15) is 0 Å². The Morgan fingerprint density at radius 1 is 1.35 bits per heavy atom. The molecule has 0 aliphatic heterocycles. The van der Waals surface area contributed by atoms with E-state index in [1.807, 2.05) is 10.6 Å². The zero-order valence-corrected chi connectivity index (χ0v) is 11.4. The van der Waals surface area contributed by atoms with Crippen LogP contribution in [0.25, 0.3) is 11.0 Å². The standard InChI is InChI=1S/C12H15Cl2N3/c1-3-4-7(2)17-11-6-9(14)8(13)5-10(11)16-12(17)15/h5-7H,3-4H2,1-2H3,(H2,15,16). The molecule has 1 unspecified atom stereocenters. The lowest BCUT2D eigenvalue weighted by atomic mass is 10.2. The summed E-state index contributed by atoms with van der Waals surface area (Å²) in [6.45, 7) is 4.28. The van der Waals surface area contributed by atoms with Crippen molar-refractivity contribution in [3.05, 3.63) is 22.2 Å². The smallest absolute Gasteiger partial charge is 0.201 e. The van der Waals surface area contributed by atoms with E-state index in [4.69, 9.17) is 28.9 Å². The Balaban J connectivity index is 2.62. The van der Waals surface area contributed by atoms with Crippen molar-refractivity contribution in [1.82, 2.24) is 9.55 Å². The highest BCUT2D eigenvalue weighted by Gasteiger charge is 2.15. The second kappa shape index (κ2) is 4.75. The van der Waals surface area contributed by atoms with Gasteiger partial charge in [0, 0.05) is 6.04 Å². The van der Waals surface area contributed by atoms with Crippen LogP contribution in [0.5, 0.6) is 0 Å². The zero-order chi connectivity index (χ0) is 12.6. The van der Waals surface area contributed by atoms with Crippen molar-refractivity contribution in [3.8, 4) is 0 Å². The minimum Gasteiger partial charge on any atom is -0.369 e. The fourth-order valence-electron chi connectivity index (χ4n) is 2.12. The van der Waals surface area contributed by atoms with E-state index in [2.05, 4.69) is 18.8 Å². The molecule has 0 spiro atoms. The molecule has 17 heavy (non-hydrogen) atoms. The number of fused-ring (bicyclic) bond motifs is 1. The molecule has 3 nitrogen and oxygen atoms in total. The predicted octanol–water partition coefficient (Wildman–Crippen LogP) is 4.29. The van der Waals surface area contributed by atoms with Crippen LogP contribution in [0, 0.1) is 0 Å². The number of aromatic nitrogens is 2. The summed E-state index contributed by atoms with van der Waals surface area (Å²) in [6.07, 6.45) is 2.15. The number of nitrogen functional groups attached to an aromatic ring is 1. The fraction of sp³-hybridized carbons (Fsp3) is 0.417. The van der Waals surface area contributed by atoms with Gasteiger partial charge in [-0.1, -0.05) is 36.5 Å². The molecule has 0 radical (unpaired) electrons. The summed E-state index contributed by atoms with van der Waals surface area (Å²) in [4.78, 5) is 4.32. The van der Waals surface area contributed by atoms with E-state index in [0.29, 0.717) is 22.0 Å². The van der Waals surface area contributed by atoms with Gasteiger partial charge in [0.15, 0.2) is 0 Å². The van der Waals surface area contributed by atoms with Gasteiger partial charge in [0.05, 0.1) is 21.1 Å². The number of hydrogen-bond donors (Lipinski definition) is 1. The molecular weight excluding hydrogens is 257 g/mol. The Labute approximate surface area is 111 Å². The van der Waals surface area contributed by atoms with E-state index in [1.54, 1.807) is 6.07 Å². The number of nitrogens with zero attached hydrogens (tertiary/aromatic N) is 2. The van der Waals surface area contributed by atoms with Gasteiger partial charge >= 0.3 is 0 Å². The van der Waals surface area contributed by atoms with Gasteiger partial charge in [-0.15, -0.1) is 0 Å². The average molecular weight is 272 g/mol. The number of nitrogens with two attached hydrogens (primary N) is 1. The Morgan fingerprint density at radius 2 is 2.00 bits per heavy atom. The van der Waals surface area contributed by atoms with E-state index in [0.717, 1.165) is 23.9 Å². The van der Waals surface area contributed by atoms with Gasteiger partial charge in [-0.05, 0) is 25.5 Å². The number of hydrogen-bond acceptors (Lipinski definition) is 2. The largest absolute Gasteiger partial charge is 0.369 e. The normalized spacial score (nSPS) is 13.2. The minimum atomic E-state index is 0.308. The Kier molecular flexibility index (Phi) is 3.50. The van der Waals surface area contributed by atoms with Crippen LogP contribution in [0.2, 0.25) is 10.0 Å². The molecule has 5 heteroatoms. The molecule has 0 amide bonds. The van der Waals surface area contributed by atoms with Crippen LogP contribution < -0.4 is 5.73 Å². The van der Waals surface area contributed by atoms with Crippen molar-refractivity contribution >= 4 is 40.2 Å². The van der Waals surface area contributed by atoms with E-state index in [9.17, 15) is 0 Å². The van der Waals surface area contributed by atoms with Gasteiger partial charge < -0.3 is 10.3 Å². The maximum Gasteiger partial charge on any atom is 0.201 e. The maximum atomic E-state index is 6.04. The summed E-state index contributed by atoms with van der Waals surface area (Å²) < 4.78 is 2.01. The van der Waals surface area contributed by atoms with Crippen LogP contribution in [-0.4, -0.2) is 9.55 Å². The van der Waals surface area contributed by atoms with Crippen molar-refractivity contribution < 1.29 is 0 Å². The van der Waals surface area contributed by atoms with Crippen LogP contribution in [0.4, 0.5) is 5.95 Å². The first kappa shape index (κ1) is 12.5. The van der Waals surface area contributed by atoms with E-state index >= 15 is 0 Å². The second-order valence-corrected chi connectivity index (χ2v) is 5.05. The molecule has 0 aliphatic carbocycles. The molecule has 2 rings (SSSR count). The predicted molar refractivity (Wildman–Crippen MR) is 73.8 cm³/mol. The molecule has 1 aromatic heterocycles. The van der Waals surface area contributed by atoms with Gasteiger partial charge in [0.25, 0.3) is 0 Å². The number of halogens is 2. The molecular formula is C12H15Cl2N3. The molecule has 0 bridgehead atoms. The lowest BCUT2D eigenvalue weighted by Crippen LogP contribution is -2.08. The monoisotopic (exact) mass is 271 g/mol. The van der Waals surface area contributed by atoms with Crippen molar-refractivity contribution in [2.75, 3.05) is 5.73 Å². The first-order valence-corrected chi connectivity index (χ1v) is 6.42. The van der Waals surface area contributed by atoms with Crippen molar-refractivity contribution in [2.24, 2.45) is 0 Å². The fourth-order valence-corrected chi connectivity index (χ4v) is 2.43. The summed E-state index contributed by atoms with van der Waals surface area (Å²) in [5.41, 5.74) is 7.68. The lowest BCUT2D eigenvalue weighted by molar-refractivity contribution is 0.518. The van der Waals surface area contributed by atoms with Crippen LogP contribution in [0.15, 0.2) is 12.1 Å². The number of rotatable bonds is 3. The molecule has 0 saturated heterocycles. The average Bonchev–Trinajstić information content (AvgIpc) is 2.55.